The first-order chi connectivity index (χ1) is 15.6. The largest absolute Gasteiger partial charge is 0.431 e. The summed E-state index contributed by atoms with van der Waals surface area (Å²) in [6.07, 6.45) is 0.111. The molecule has 0 spiro atoms. The van der Waals surface area contributed by atoms with E-state index in [1.165, 1.54) is 7.05 Å². The molecule has 1 fully saturated rings. The van der Waals surface area contributed by atoms with E-state index >= 15 is 0 Å². The molecule has 3 aromatic heterocycles. The first-order valence-corrected chi connectivity index (χ1v) is 11.5. The lowest BCUT2D eigenvalue weighted by Gasteiger charge is -2.29. The van der Waals surface area contributed by atoms with Crippen molar-refractivity contribution in [3.8, 4) is 17.6 Å². The minimum atomic E-state index is -4.52. The Morgan fingerprint density at radius 1 is 1.27 bits per heavy atom. The van der Waals surface area contributed by atoms with Crippen molar-refractivity contribution in [2.24, 2.45) is 7.05 Å². The van der Waals surface area contributed by atoms with Gasteiger partial charge in [0.1, 0.15) is 22.1 Å². The quantitative estimate of drug-likeness (QED) is 0.489. The van der Waals surface area contributed by atoms with E-state index in [9.17, 15) is 18.4 Å². The summed E-state index contributed by atoms with van der Waals surface area (Å²) in [5, 5.41) is 10.4. The fraction of sp³-hybridized carbons (Fsp3) is 0.348. The van der Waals surface area contributed by atoms with Crippen LogP contribution in [-0.2, 0) is 12.5 Å². The van der Waals surface area contributed by atoms with Crippen LogP contribution in [0.5, 0.6) is 0 Å². The Bertz CT molecular complexity index is 1380. The first-order valence-electron chi connectivity index (χ1n) is 10.5. The maximum Gasteiger partial charge on any atom is 0.431 e. The third-order valence-corrected chi connectivity index (χ3v) is 7.27. The van der Waals surface area contributed by atoms with Crippen molar-refractivity contribution < 1.29 is 13.2 Å². The van der Waals surface area contributed by atoms with E-state index < -0.39 is 17.3 Å². The lowest BCUT2D eigenvalue weighted by molar-refractivity contribution is -0.104. The van der Waals surface area contributed by atoms with Gasteiger partial charge in [-0.15, -0.1) is 11.8 Å². The van der Waals surface area contributed by atoms with Gasteiger partial charge in [0.2, 0.25) is 0 Å². The summed E-state index contributed by atoms with van der Waals surface area (Å²) in [5.41, 5.74) is 1.93. The number of nitrogens with zero attached hydrogens (tertiary/aromatic N) is 6. The number of nitriles is 1. The fourth-order valence-electron chi connectivity index (χ4n) is 4.31. The van der Waals surface area contributed by atoms with Gasteiger partial charge in [-0.25, -0.2) is 9.97 Å². The number of aromatic nitrogens is 4. The van der Waals surface area contributed by atoms with Crippen molar-refractivity contribution in [2.75, 3.05) is 12.8 Å². The van der Waals surface area contributed by atoms with Gasteiger partial charge in [-0.3, -0.25) is 4.40 Å². The van der Waals surface area contributed by atoms with Crippen LogP contribution in [0.3, 0.4) is 0 Å². The Hall–Kier alpha value is -3.19. The molecule has 3 aromatic rings. The maximum absolute atomic E-state index is 13.5. The molecule has 5 rings (SSSR count). The van der Waals surface area contributed by atoms with Crippen molar-refractivity contribution in [2.45, 2.75) is 36.4 Å². The Morgan fingerprint density at radius 2 is 2.00 bits per heavy atom. The molecule has 170 valence electrons. The molecule has 10 heteroatoms. The van der Waals surface area contributed by atoms with Crippen LogP contribution < -0.4 is 0 Å². The van der Waals surface area contributed by atoms with Crippen molar-refractivity contribution in [3.63, 3.8) is 0 Å². The molecule has 33 heavy (non-hydrogen) atoms. The highest BCUT2D eigenvalue weighted by molar-refractivity contribution is 7.99. The fourth-order valence-corrected chi connectivity index (χ4v) is 5.15. The van der Waals surface area contributed by atoms with Gasteiger partial charge in [-0.05, 0) is 42.4 Å². The molecule has 1 saturated carbocycles. The predicted octanol–water partition coefficient (Wildman–Crippen LogP) is 5.22. The SMILES string of the molecule is C=C1c2c(nc(-c3nc4cc(C5(C#N)CC5)ccn4c3SCC)n2C)C=C(C(F)(F)F)N1C. The zero-order chi connectivity index (χ0) is 23.7. The molecule has 1 aliphatic carbocycles. The number of allylic oxidation sites excluding steroid dienone is 1. The molecule has 0 unspecified atom stereocenters. The smallest absolute Gasteiger partial charge is 0.339 e. The monoisotopic (exact) mass is 470 g/mol. The molecule has 6 nitrogen and oxygen atoms in total. The Balaban J connectivity index is 1.70. The summed E-state index contributed by atoms with van der Waals surface area (Å²) in [6.45, 7) is 5.91. The van der Waals surface area contributed by atoms with Gasteiger partial charge < -0.3 is 9.47 Å². The second-order valence-electron chi connectivity index (χ2n) is 8.30. The number of pyridine rings is 1. The van der Waals surface area contributed by atoms with E-state index in [1.54, 1.807) is 23.4 Å². The van der Waals surface area contributed by atoms with E-state index in [0.29, 0.717) is 22.9 Å². The molecular formula is C23H21F3N6S. The highest BCUT2D eigenvalue weighted by Gasteiger charge is 2.45. The van der Waals surface area contributed by atoms with E-state index in [2.05, 4.69) is 17.6 Å². The second kappa shape index (κ2) is 7.15. The number of rotatable bonds is 4. The van der Waals surface area contributed by atoms with Crippen LogP contribution in [0, 0.1) is 11.3 Å². The number of halogens is 3. The summed E-state index contributed by atoms with van der Waals surface area (Å²) in [5.74, 6) is 1.25. The van der Waals surface area contributed by atoms with Crippen LogP contribution >= 0.6 is 11.8 Å². The lowest BCUT2D eigenvalue weighted by Crippen LogP contribution is -2.30. The normalized spacial score (nSPS) is 17.2. The average Bonchev–Trinajstić information content (AvgIpc) is 3.40. The summed E-state index contributed by atoms with van der Waals surface area (Å²) < 4.78 is 44.3. The zero-order valence-electron chi connectivity index (χ0n) is 18.4. The zero-order valence-corrected chi connectivity index (χ0v) is 19.2. The summed E-state index contributed by atoms with van der Waals surface area (Å²) in [4.78, 5) is 10.4. The second-order valence-corrected chi connectivity index (χ2v) is 9.55. The molecule has 0 amide bonds. The van der Waals surface area contributed by atoms with E-state index in [0.717, 1.165) is 40.2 Å². The van der Waals surface area contributed by atoms with Crippen LogP contribution in [0.1, 0.15) is 36.7 Å². The molecule has 4 heterocycles. The van der Waals surface area contributed by atoms with E-state index in [-0.39, 0.29) is 11.4 Å². The number of imidazole rings is 2. The molecule has 0 radical (unpaired) electrons. The van der Waals surface area contributed by atoms with Crippen molar-refractivity contribution in [3.05, 3.63) is 47.6 Å². The average molecular weight is 471 g/mol. The number of thioether (sulfide) groups is 1. The molecule has 2 aliphatic rings. The third kappa shape index (κ3) is 3.17. The van der Waals surface area contributed by atoms with Crippen molar-refractivity contribution in [1.82, 2.24) is 23.8 Å². The number of hydrogen-bond donors (Lipinski definition) is 0. The van der Waals surface area contributed by atoms with E-state index in [4.69, 9.17) is 4.98 Å². The molecule has 1 aliphatic heterocycles. The lowest BCUT2D eigenvalue weighted by atomic mass is 9.99. The van der Waals surface area contributed by atoms with E-state index in [1.807, 2.05) is 29.7 Å². The topological polar surface area (TPSA) is 62.2 Å². The van der Waals surface area contributed by atoms with Crippen LogP contribution in [0.4, 0.5) is 13.2 Å². The highest BCUT2D eigenvalue weighted by Crippen LogP contribution is 2.48. The summed E-state index contributed by atoms with van der Waals surface area (Å²) in [7, 11) is 3.11. The Kier molecular flexibility index (Phi) is 4.69. The van der Waals surface area contributed by atoms with Crippen LogP contribution in [0.15, 0.2) is 35.6 Å². The van der Waals surface area contributed by atoms with Crippen LogP contribution in [0.25, 0.3) is 28.9 Å². The number of fused-ring (bicyclic) bond motifs is 2. The van der Waals surface area contributed by atoms with Crippen molar-refractivity contribution >= 4 is 29.2 Å². The van der Waals surface area contributed by atoms with Gasteiger partial charge in [0.15, 0.2) is 5.82 Å². The molecule has 0 aromatic carbocycles. The highest BCUT2D eigenvalue weighted by atomic mass is 32.2. The first kappa shape index (κ1) is 21.6. The Labute approximate surface area is 193 Å². The van der Waals surface area contributed by atoms with Gasteiger partial charge in [-0.2, -0.15) is 18.4 Å². The molecular weight excluding hydrogens is 449 g/mol. The van der Waals surface area contributed by atoms with Crippen molar-refractivity contribution in [1.29, 1.82) is 5.26 Å². The summed E-state index contributed by atoms with van der Waals surface area (Å²) >= 11 is 1.58. The number of alkyl halides is 3. The van der Waals surface area contributed by atoms with Gasteiger partial charge >= 0.3 is 6.18 Å². The number of hydrogen-bond acceptors (Lipinski definition) is 5. The molecule has 0 saturated heterocycles. The van der Waals surface area contributed by atoms with Gasteiger partial charge in [0.05, 0.1) is 28.6 Å². The molecule has 0 N–H and O–H groups in total. The maximum atomic E-state index is 13.5. The Morgan fingerprint density at radius 3 is 2.61 bits per heavy atom. The standard InChI is InChI=1S/C23H21F3N6S/c1-5-33-21-18(29-17-10-14(6-9-32(17)21)22(12-27)7-8-22)20-28-15-11-16(23(24,25)26)30(3)13(2)19(15)31(20)4/h6,9-11H,2,5,7-8H2,1,3-4H3. The minimum absolute atomic E-state index is 0.217. The third-order valence-electron chi connectivity index (χ3n) is 6.32. The van der Waals surface area contributed by atoms with Crippen LogP contribution in [0.2, 0.25) is 0 Å². The summed E-state index contributed by atoms with van der Waals surface area (Å²) in [6, 6.07) is 6.29. The molecule has 0 bridgehead atoms. The van der Waals surface area contributed by atoms with Gasteiger partial charge in [-0.1, -0.05) is 13.5 Å². The minimum Gasteiger partial charge on any atom is -0.339 e. The predicted molar refractivity (Wildman–Crippen MR) is 121 cm³/mol. The van der Waals surface area contributed by atoms with Crippen LogP contribution in [-0.4, -0.2) is 42.8 Å². The van der Waals surface area contributed by atoms with Gasteiger partial charge in [0.25, 0.3) is 0 Å². The molecule has 0 atom stereocenters. The van der Waals surface area contributed by atoms with Gasteiger partial charge in [0, 0.05) is 20.3 Å².